The smallest absolute Gasteiger partial charge is 0.254 e. The van der Waals surface area contributed by atoms with Crippen LogP contribution in [-0.4, -0.2) is 27.8 Å². The molecule has 6 heteroatoms. The van der Waals surface area contributed by atoms with Gasteiger partial charge < -0.3 is 5.32 Å². The molecule has 5 nitrogen and oxygen atoms in total. The summed E-state index contributed by atoms with van der Waals surface area (Å²) in [7, 11) is 0. The first-order chi connectivity index (χ1) is 12.2. The molecule has 1 N–H and O–H groups in total. The first kappa shape index (κ1) is 18.2. The van der Waals surface area contributed by atoms with Crippen LogP contribution in [0.2, 0.25) is 0 Å². The number of rotatable bonds is 7. The molecular formula is C19H27N3O2S. The predicted octanol–water partition coefficient (Wildman–Crippen LogP) is 3.24. The van der Waals surface area contributed by atoms with Crippen LogP contribution in [0.15, 0.2) is 27.7 Å². The summed E-state index contributed by atoms with van der Waals surface area (Å²) >= 11 is 1.58. The summed E-state index contributed by atoms with van der Waals surface area (Å²) in [6.45, 7) is 2.77. The monoisotopic (exact) mass is 361 g/mol. The zero-order chi connectivity index (χ0) is 17.6. The molecule has 0 saturated heterocycles. The Hall–Kier alpha value is -1.56. The molecule has 1 atom stereocenters. The maximum absolute atomic E-state index is 12.4. The summed E-state index contributed by atoms with van der Waals surface area (Å²) < 4.78 is 1.70. The minimum atomic E-state index is -0.0791. The lowest BCUT2D eigenvalue weighted by molar-refractivity contribution is -0.121. The number of amides is 1. The third-order valence-electron chi connectivity index (χ3n) is 4.82. The number of nitrogens with one attached hydrogen (secondary N) is 1. The lowest BCUT2D eigenvalue weighted by Crippen LogP contribution is -2.31. The van der Waals surface area contributed by atoms with E-state index in [-0.39, 0.29) is 17.5 Å². The number of aryl methyl sites for hydroxylation is 1. The van der Waals surface area contributed by atoms with Crippen LogP contribution in [0.5, 0.6) is 0 Å². The van der Waals surface area contributed by atoms with Crippen LogP contribution in [0.4, 0.5) is 0 Å². The van der Waals surface area contributed by atoms with Crippen molar-refractivity contribution in [3.63, 3.8) is 0 Å². The Morgan fingerprint density at radius 3 is 3.04 bits per heavy atom. The van der Waals surface area contributed by atoms with E-state index in [4.69, 9.17) is 0 Å². The molecule has 1 aliphatic heterocycles. The molecule has 0 fully saturated rings. The third-order valence-corrected chi connectivity index (χ3v) is 5.92. The van der Waals surface area contributed by atoms with Gasteiger partial charge in [0.25, 0.3) is 5.56 Å². The lowest BCUT2D eigenvalue weighted by Gasteiger charge is -2.15. The second kappa shape index (κ2) is 8.70. The van der Waals surface area contributed by atoms with E-state index in [9.17, 15) is 9.59 Å². The molecule has 2 heterocycles. The van der Waals surface area contributed by atoms with E-state index in [1.54, 1.807) is 22.4 Å². The quantitative estimate of drug-likeness (QED) is 0.598. The zero-order valence-corrected chi connectivity index (χ0v) is 15.7. The highest BCUT2D eigenvalue weighted by Gasteiger charge is 2.27. The molecule has 0 bridgehead atoms. The van der Waals surface area contributed by atoms with E-state index in [1.165, 1.54) is 31.3 Å². The average molecular weight is 362 g/mol. The third kappa shape index (κ3) is 4.75. The van der Waals surface area contributed by atoms with Gasteiger partial charge >= 0.3 is 0 Å². The van der Waals surface area contributed by atoms with Crippen molar-refractivity contribution < 1.29 is 4.79 Å². The highest BCUT2D eigenvalue weighted by Crippen LogP contribution is 2.32. The number of aromatic nitrogens is 2. The molecule has 0 spiro atoms. The number of nitrogens with zero attached hydrogens (tertiary/aromatic N) is 2. The molecule has 1 aliphatic carbocycles. The molecule has 0 aromatic carbocycles. The molecular weight excluding hydrogens is 334 g/mol. The van der Waals surface area contributed by atoms with Gasteiger partial charge in [0, 0.05) is 30.5 Å². The standard InChI is InChI=1S/C19H27N3O2S/c1-2-6-15-11-18(24)22-16(13-25-19(22)21-15)12-17(23)20-10-9-14-7-4-3-5-8-14/h7,11,16H,2-6,8-10,12-13H2,1H3,(H,20,23). The first-order valence-electron chi connectivity index (χ1n) is 9.37. The topological polar surface area (TPSA) is 64.0 Å². The van der Waals surface area contributed by atoms with E-state index >= 15 is 0 Å². The van der Waals surface area contributed by atoms with E-state index in [1.807, 2.05) is 0 Å². The summed E-state index contributed by atoms with van der Waals surface area (Å²) in [5, 5.41) is 3.78. The van der Waals surface area contributed by atoms with Gasteiger partial charge in [-0.15, -0.1) is 0 Å². The van der Waals surface area contributed by atoms with Crippen molar-refractivity contribution >= 4 is 17.7 Å². The number of allylic oxidation sites excluding steroid dienone is 1. The van der Waals surface area contributed by atoms with Gasteiger partial charge in [0.05, 0.1) is 6.04 Å². The number of thioether (sulfide) groups is 1. The molecule has 1 amide bonds. The Labute approximate surface area is 153 Å². The Morgan fingerprint density at radius 1 is 1.40 bits per heavy atom. The summed E-state index contributed by atoms with van der Waals surface area (Å²) in [5.41, 5.74) is 2.30. The van der Waals surface area contributed by atoms with Gasteiger partial charge in [-0.1, -0.05) is 36.8 Å². The maximum Gasteiger partial charge on any atom is 0.254 e. The number of carbonyl (C=O) groups excluding carboxylic acids is 1. The fourth-order valence-corrected chi connectivity index (χ4v) is 4.68. The number of hydrogen-bond donors (Lipinski definition) is 1. The normalized spacial score (nSPS) is 19.4. The molecule has 0 saturated carbocycles. The summed E-state index contributed by atoms with van der Waals surface area (Å²) in [6, 6.07) is 1.55. The first-order valence-corrected chi connectivity index (χ1v) is 10.4. The van der Waals surface area contributed by atoms with Crippen molar-refractivity contribution in [1.82, 2.24) is 14.9 Å². The minimum Gasteiger partial charge on any atom is -0.356 e. The van der Waals surface area contributed by atoms with Crippen LogP contribution in [0.3, 0.4) is 0 Å². The Kier molecular flexibility index (Phi) is 6.34. The Bertz CT molecular complexity index is 711. The van der Waals surface area contributed by atoms with Gasteiger partial charge in [-0.05, 0) is 38.5 Å². The molecule has 1 unspecified atom stereocenters. The van der Waals surface area contributed by atoms with Gasteiger partial charge in [0.15, 0.2) is 5.16 Å². The van der Waals surface area contributed by atoms with E-state index in [2.05, 4.69) is 23.3 Å². The van der Waals surface area contributed by atoms with Crippen LogP contribution in [0, 0.1) is 0 Å². The van der Waals surface area contributed by atoms with Crippen molar-refractivity contribution in [2.45, 2.75) is 69.5 Å². The fraction of sp³-hybridized carbons (Fsp3) is 0.632. The molecule has 136 valence electrons. The highest BCUT2D eigenvalue weighted by molar-refractivity contribution is 7.99. The van der Waals surface area contributed by atoms with E-state index < -0.39 is 0 Å². The van der Waals surface area contributed by atoms with E-state index in [0.717, 1.165) is 35.9 Å². The minimum absolute atomic E-state index is 0.0244. The number of fused-ring (bicyclic) bond motifs is 1. The van der Waals surface area contributed by atoms with Crippen molar-refractivity contribution in [2.75, 3.05) is 12.3 Å². The molecule has 1 aromatic heterocycles. The molecule has 1 aromatic rings. The van der Waals surface area contributed by atoms with Gasteiger partial charge in [-0.25, -0.2) is 4.98 Å². The maximum atomic E-state index is 12.4. The van der Waals surface area contributed by atoms with E-state index in [0.29, 0.717) is 13.0 Å². The van der Waals surface area contributed by atoms with Crippen LogP contribution >= 0.6 is 11.8 Å². The molecule has 3 rings (SSSR count). The largest absolute Gasteiger partial charge is 0.356 e. The average Bonchev–Trinajstić information content (AvgIpc) is 2.99. The second-order valence-electron chi connectivity index (χ2n) is 6.87. The van der Waals surface area contributed by atoms with Crippen molar-refractivity contribution in [2.24, 2.45) is 0 Å². The van der Waals surface area contributed by atoms with Gasteiger partial charge in [0.2, 0.25) is 5.91 Å². The van der Waals surface area contributed by atoms with Gasteiger partial charge in [-0.2, -0.15) is 0 Å². The Morgan fingerprint density at radius 2 is 2.28 bits per heavy atom. The van der Waals surface area contributed by atoms with Gasteiger partial charge in [0.1, 0.15) is 0 Å². The number of carbonyl (C=O) groups is 1. The molecule has 0 radical (unpaired) electrons. The van der Waals surface area contributed by atoms with Crippen LogP contribution in [-0.2, 0) is 11.2 Å². The van der Waals surface area contributed by atoms with Crippen molar-refractivity contribution in [3.8, 4) is 0 Å². The lowest BCUT2D eigenvalue weighted by atomic mass is 9.97. The fourth-order valence-electron chi connectivity index (χ4n) is 3.51. The number of hydrogen-bond acceptors (Lipinski definition) is 4. The van der Waals surface area contributed by atoms with Crippen LogP contribution < -0.4 is 10.9 Å². The molecule has 2 aliphatic rings. The molecule has 25 heavy (non-hydrogen) atoms. The second-order valence-corrected chi connectivity index (χ2v) is 7.85. The zero-order valence-electron chi connectivity index (χ0n) is 14.9. The summed E-state index contributed by atoms with van der Waals surface area (Å²) in [4.78, 5) is 29.2. The SMILES string of the molecule is CCCc1cc(=O)n2c(n1)SCC2CC(=O)NCCC1=CCCCC1. The van der Waals surface area contributed by atoms with Gasteiger partial charge in [-0.3, -0.25) is 14.2 Å². The Balaban J connectivity index is 1.53. The van der Waals surface area contributed by atoms with Crippen molar-refractivity contribution in [3.05, 3.63) is 33.8 Å². The van der Waals surface area contributed by atoms with Crippen LogP contribution in [0.1, 0.15) is 63.6 Å². The van der Waals surface area contributed by atoms with Crippen molar-refractivity contribution in [1.29, 1.82) is 0 Å². The predicted molar refractivity (Wildman–Crippen MR) is 101 cm³/mol. The van der Waals surface area contributed by atoms with Crippen LogP contribution in [0.25, 0.3) is 0 Å². The summed E-state index contributed by atoms with van der Waals surface area (Å²) in [6.07, 6.45) is 10.3. The summed E-state index contributed by atoms with van der Waals surface area (Å²) in [5.74, 6) is 0.774. The highest BCUT2D eigenvalue weighted by atomic mass is 32.2.